The molecule has 15 heavy (non-hydrogen) atoms. The van der Waals surface area contributed by atoms with Gasteiger partial charge in [0.2, 0.25) is 0 Å². The maximum absolute atomic E-state index is 11.4. The molecule has 0 saturated heterocycles. The predicted molar refractivity (Wildman–Crippen MR) is 59.5 cm³/mol. The van der Waals surface area contributed by atoms with Crippen LogP contribution in [0.15, 0.2) is 11.6 Å². The first-order valence-electron chi connectivity index (χ1n) is 5.47. The van der Waals surface area contributed by atoms with Crippen LogP contribution in [0.3, 0.4) is 0 Å². The Balaban J connectivity index is 3.85. The molecule has 0 fully saturated rings. The van der Waals surface area contributed by atoms with Gasteiger partial charge in [0.25, 0.3) is 0 Å². The number of ketones is 1. The van der Waals surface area contributed by atoms with Crippen molar-refractivity contribution in [2.75, 3.05) is 6.61 Å². The Kier molecular flexibility index (Phi) is 7.60. The highest BCUT2D eigenvalue weighted by Gasteiger charge is 2.03. The molecule has 0 saturated carbocycles. The Morgan fingerprint density at radius 2 is 1.87 bits per heavy atom. The average molecular weight is 212 g/mol. The van der Waals surface area contributed by atoms with Gasteiger partial charge in [0.1, 0.15) is 0 Å². The van der Waals surface area contributed by atoms with E-state index in [1.165, 1.54) is 0 Å². The largest absolute Gasteiger partial charge is 0.466 e. The summed E-state index contributed by atoms with van der Waals surface area (Å²) in [4.78, 5) is 22.3. The minimum absolute atomic E-state index is 0.168. The van der Waals surface area contributed by atoms with Crippen LogP contribution < -0.4 is 0 Å². The van der Waals surface area contributed by atoms with Crippen LogP contribution in [0.4, 0.5) is 0 Å². The lowest BCUT2D eigenvalue weighted by molar-refractivity contribution is -0.143. The number of ether oxygens (including phenoxy) is 1. The van der Waals surface area contributed by atoms with E-state index in [0.717, 1.165) is 12.0 Å². The van der Waals surface area contributed by atoms with E-state index in [0.29, 0.717) is 25.9 Å². The number of hydrogen-bond donors (Lipinski definition) is 0. The maximum atomic E-state index is 11.4. The van der Waals surface area contributed by atoms with E-state index in [9.17, 15) is 9.59 Å². The molecule has 0 radical (unpaired) electrons. The SMILES string of the molecule is CCCC(=O)/C(C)=C/CCC(=O)OCC. The lowest BCUT2D eigenvalue weighted by Gasteiger charge is -2.00. The first kappa shape index (κ1) is 13.9. The van der Waals surface area contributed by atoms with Crippen molar-refractivity contribution in [2.45, 2.75) is 46.5 Å². The number of hydrogen-bond acceptors (Lipinski definition) is 3. The van der Waals surface area contributed by atoms with Crippen molar-refractivity contribution in [3.05, 3.63) is 11.6 Å². The van der Waals surface area contributed by atoms with Crippen LogP contribution in [0.1, 0.15) is 46.5 Å². The second-order valence-corrected chi connectivity index (χ2v) is 3.40. The van der Waals surface area contributed by atoms with Crippen LogP contribution in [0.25, 0.3) is 0 Å². The number of allylic oxidation sites excluding steroid dienone is 2. The summed E-state index contributed by atoms with van der Waals surface area (Å²) in [5.41, 5.74) is 0.751. The molecule has 0 heterocycles. The zero-order valence-corrected chi connectivity index (χ0v) is 9.84. The second-order valence-electron chi connectivity index (χ2n) is 3.40. The van der Waals surface area contributed by atoms with Gasteiger partial charge in [-0.05, 0) is 32.3 Å². The van der Waals surface area contributed by atoms with E-state index in [4.69, 9.17) is 4.74 Å². The molecule has 0 aromatic rings. The summed E-state index contributed by atoms with van der Waals surface area (Å²) in [6.45, 7) is 5.97. The van der Waals surface area contributed by atoms with Crippen LogP contribution in [0, 0.1) is 0 Å². The predicted octanol–water partition coefficient (Wildman–Crippen LogP) is 2.65. The van der Waals surface area contributed by atoms with Crippen LogP contribution in [-0.2, 0) is 14.3 Å². The van der Waals surface area contributed by atoms with Gasteiger partial charge in [0.05, 0.1) is 6.61 Å². The van der Waals surface area contributed by atoms with E-state index < -0.39 is 0 Å². The lowest BCUT2D eigenvalue weighted by atomic mass is 10.1. The lowest BCUT2D eigenvalue weighted by Crippen LogP contribution is -2.03. The topological polar surface area (TPSA) is 43.4 Å². The highest BCUT2D eigenvalue weighted by molar-refractivity contribution is 5.94. The molecule has 0 atom stereocenters. The fraction of sp³-hybridized carbons (Fsp3) is 0.667. The zero-order valence-electron chi connectivity index (χ0n) is 9.84. The Bertz CT molecular complexity index is 241. The molecular formula is C12H20O3. The summed E-state index contributed by atoms with van der Waals surface area (Å²) in [6.07, 6.45) is 4.20. The summed E-state index contributed by atoms with van der Waals surface area (Å²) in [5.74, 6) is -0.0363. The minimum atomic E-state index is -0.204. The van der Waals surface area contributed by atoms with Crippen molar-refractivity contribution in [3.63, 3.8) is 0 Å². The molecule has 0 N–H and O–H groups in total. The third-order valence-electron chi connectivity index (χ3n) is 2.02. The normalized spacial score (nSPS) is 11.3. The van der Waals surface area contributed by atoms with Crippen molar-refractivity contribution in [2.24, 2.45) is 0 Å². The minimum Gasteiger partial charge on any atom is -0.466 e. The van der Waals surface area contributed by atoms with Gasteiger partial charge < -0.3 is 4.74 Å². The molecule has 0 rings (SSSR count). The average Bonchev–Trinajstić information content (AvgIpc) is 2.18. The highest BCUT2D eigenvalue weighted by atomic mass is 16.5. The first-order valence-corrected chi connectivity index (χ1v) is 5.47. The Morgan fingerprint density at radius 1 is 1.20 bits per heavy atom. The molecule has 0 spiro atoms. The summed E-state index contributed by atoms with van der Waals surface area (Å²) < 4.78 is 4.78. The number of rotatable bonds is 7. The molecule has 86 valence electrons. The molecule has 0 amide bonds. The number of Topliss-reactive ketones (excluding diaryl/α,β-unsaturated/α-hetero) is 1. The molecular weight excluding hydrogens is 192 g/mol. The van der Waals surface area contributed by atoms with Gasteiger partial charge in [-0.1, -0.05) is 13.0 Å². The summed E-state index contributed by atoms with van der Waals surface area (Å²) in [6, 6.07) is 0. The van der Waals surface area contributed by atoms with E-state index >= 15 is 0 Å². The Labute approximate surface area is 91.5 Å². The zero-order chi connectivity index (χ0) is 11.7. The fourth-order valence-electron chi connectivity index (χ4n) is 1.18. The van der Waals surface area contributed by atoms with Gasteiger partial charge >= 0.3 is 5.97 Å². The van der Waals surface area contributed by atoms with Crippen LogP contribution in [0.5, 0.6) is 0 Å². The van der Waals surface area contributed by atoms with Gasteiger partial charge in [-0.2, -0.15) is 0 Å². The van der Waals surface area contributed by atoms with Crippen molar-refractivity contribution in [1.82, 2.24) is 0 Å². The summed E-state index contributed by atoms with van der Waals surface area (Å²) >= 11 is 0. The molecule has 0 aliphatic heterocycles. The first-order chi connectivity index (χ1) is 7.11. The quantitative estimate of drug-likeness (QED) is 0.481. The van der Waals surface area contributed by atoms with Crippen molar-refractivity contribution in [3.8, 4) is 0 Å². The second kappa shape index (κ2) is 8.21. The smallest absolute Gasteiger partial charge is 0.306 e. The van der Waals surface area contributed by atoms with Gasteiger partial charge in [0, 0.05) is 12.8 Å². The number of carbonyl (C=O) groups excluding carboxylic acids is 2. The van der Waals surface area contributed by atoms with E-state index in [-0.39, 0.29) is 11.8 Å². The molecule has 0 aromatic carbocycles. The van der Waals surface area contributed by atoms with Crippen LogP contribution in [0.2, 0.25) is 0 Å². The molecule has 0 aliphatic rings. The molecule has 3 nitrogen and oxygen atoms in total. The summed E-state index contributed by atoms with van der Waals surface area (Å²) in [5, 5.41) is 0. The monoisotopic (exact) mass is 212 g/mol. The van der Waals surface area contributed by atoms with Crippen molar-refractivity contribution in [1.29, 1.82) is 0 Å². The Morgan fingerprint density at radius 3 is 2.40 bits per heavy atom. The van der Waals surface area contributed by atoms with E-state index in [1.54, 1.807) is 13.8 Å². The van der Waals surface area contributed by atoms with Crippen molar-refractivity contribution >= 4 is 11.8 Å². The fourth-order valence-corrected chi connectivity index (χ4v) is 1.18. The van der Waals surface area contributed by atoms with E-state index in [2.05, 4.69) is 0 Å². The molecule has 0 aromatic heterocycles. The Hall–Kier alpha value is -1.12. The van der Waals surface area contributed by atoms with Gasteiger partial charge in [-0.3, -0.25) is 9.59 Å². The van der Waals surface area contributed by atoms with E-state index in [1.807, 2.05) is 13.0 Å². The molecule has 0 bridgehead atoms. The van der Waals surface area contributed by atoms with Crippen molar-refractivity contribution < 1.29 is 14.3 Å². The summed E-state index contributed by atoms with van der Waals surface area (Å²) in [7, 11) is 0. The molecule has 3 heteroatoms. The van der Waals surface area contributed by atoms with Crippen LogP contribution in [-0.4, -0.2) is 18.4 Å². The number of esters is 1. The number of carbonyl (C=O) groups is 2. The standard InChI is InChI=1S/C12H20O3/c1-4-7-11(13)10(3)8-6-9-12(14)15-5-2/h8H,4-7,9H2,1-3H3/b10-8+. The third-order valence-corrected chi connectivity index (χ3v) is 2.02. The van der Waals surface area contributed by atoms with Gasteiger partial charge in [-0.25, -0.2) is 0 Å². The van der Waals surface area contributed by atoms with Gasteiger partial charge in [0.15, 0.2) is 5.78 Å². The third kappa shape index (κ3) is 6.89. The van der Waals surface area contributed by atoms with Crippen LogP contribution >= 0.6 is 0 Å². The molecule has 0 aliphatic carbocycles. The van der Waals surface area contributed by atoms with Gasteiger partial charge in [-0.15, -0.1) is 0 Å². The maximum Gasteiger partial charge on any atom is 0.306 e. The molecule has 0 unspecified atom stereocenters. The highest BCUT2D eigenvalue weighted by Crippen LogP contribution is 2.04.